The summed E-state index contributed by atoms with van der Waals surface area (Å²) < 4.78 is 10.00. The Morgan fingerprint density at radius 2 is 1.81 bits per heavy atom. The minimum absolute atomic E-state index is 0.138. The Labute approximate surface area is 160 Å². The molecule has 0 unspecified atom stereocenters. The third-order valence-corrected chi connectivity index (χ3v) is 3.22. The molecule has 7 heteroatoms. The lowest BCUT2D eigenvalue weighted by Crippen LogP contribution is -2.49. The zero-order valence-electron chi connectivity index (χ0n) is 16.3. The Bertz CT molecular complexity index is 650. The average Bonchev–Trinajstić information content (AvgIpc) is 2.57. The van der Waals surface area contributed by atoms with E-state index in [4.69, 9.17) is 9.47 Å². The largest absolute Gasteiger partial charge is 0.463 e. The van der Waals surface area contributed by atoms with Crippen molar-refractivity contribution in [1.82, 2.24) is 10.6 Å². The smallest absolute Gasteiger partial charge is 0.408 e. The molecule has 7 nitrogen and oxygen atoms in total. The van der Waals surface area contributed by atoms with Crippen LogP contribution < -0.4 is 10.6 Å². The third kappa shape index (κ3) is 10.0. The summed E-state index contributed by atoms with van der Waals surface area (Å²) in [6, 6.07) is 8.54. The van der Waals surface area contributed by atoms with Gasteiger partial charge in [0.25, 0.3) is 0 Å². The van der Waals surface area contributed by atoms with E-state index in [0.717, 1.165) is 5.56 Å². The lowest BCUT2D eigenvalue weighted by Gasteiger charge is -2.23. The van der Waals surface area contributed by atoms with Crippen LogP contribution in [0.3, 0.4) is 0 Å². The Morgan fingerprint density at radius 3 is 2.41 bits per heavy atom. The van der Waals surface area contributed by atoms with Crippen LogP contribution in [0.25, 0.3) is 0 Å². The van der Waals surface area contributed by atoms with Gasteiger partial charge in [0, 0.05) is 19.0 Å². The van der Waals surface area contributed by atoms with E-state index in [1.165, 1.54) is 12.2 Å². The number of rotatable bonds is 8. The molecule has 0 aliphatic rings. The van der Waals surface area contributed by atoms with Crippen LogP contribution in [0.2, 0.25) is 0 Å². The van der Waals surface area contributed by atoms with Gasteiger partial charge in [-0.25, -0.2) is 9.59 Å². The quantitative estimate of drug-likeness (QED) is 0.537. The van der Waals surface area contributed by atoms with Crippen LogP contribution in [-0.4, -0.2) is 42.8 Å². The van der Waals surface area contributed by atoms with E-state index in [9.17, 15) is 14.4 Å². The first kappa shape index (κ1) is 22.2. The van der Waals surface area contributed by atoms with E-state index in [1.807, 2.05) is 30.3 Å². The van der Waals surface area contributed by atoms with Gasteiger partial charge in [0.2, 0.25) is 5.91 Å². The van der Waals surface area contributed by atoms with Crippen LogP contribution in [0.5, 0.6) is 0 Å². The summed E-state index contributed by atoms with van der Waals surface area (Å²) in [5.41, 5.74) is 0.232. The van der Waals surface area contributed by atoms with Crippen molar-refractivity contribution in [1.29, 1.82) is 0 Å². The SMILES string of the molecule is CCOC(=O)/C=C\CNC(=O)[C@H](Cc1ccccc1)NC(=O)OC(C)(C)C. The summed E-state index contributed by atoms with van der Waals surface area (Å²) in [7, 11) is 0. The summed E-state index contributed by atoms with van der Waals surface area (Å²) in [6.45, 7) is 7.38. The number of benzene rings is 1. The molecule has 0 fully saturated rings. The Kier molecular flexibility index (Phi) is 9.05. The second-order valence-corrected chi connectivity index (χ2v) is 6.79. The number of hydrogen-bond acceptors (Lipinski definition) is 5. The predicted molar refractivity (Wildman–Crippen MR) is 102 cm³/mol. The molecule has 0 aliphatic carbocycles. The molecule has 148 valence electrons. The van der Waals surface area contributed by atoms with E-state index in [1.54, 1.807) is 27.7 Å². The Balaban J connectivity index is 2.70. The lowest BCUT2D eigenvalue weighted by atomic mass is 10.1. The number of ether oxygens (including phenoxy) is 2. The average molecular weight is 376 g/mol. The topological polar surface area (TPSA) is 93.7 Å². The Morgan fingerprint density at radius 1 is 1.15 bits per heavy atom. The van der Waals surface area contributed by atoms with Gasteiger partial charge in [-0.3, -0.25) is 4.79 Å². The minimum atomic E-state index is -0.807. The first-order chi connectivity index (χ1) is 12.7. The minimum Gasteiger partial charge on any atom is -0.463 e. The van der Waals surface area contributed by atoms with E-state index >= 15 is 0 Å². The van der Waals surface area contributed by atoms with Gasteiger partial charge in [-0.05, 0) is 33.3 Å². The number of hydrogen-bond donors (Lipinski definition) is 2. The summed E-state index contributed by atoms with van der Waals surface area (Å²) >= 11 is 0. The molecule has 0 saturated heterocycles. The zero-order valence-corrected chi connectivity index (χ0v) is 16.3. The van der Waals surface area contributed by atoms with Crippen molar-refractivity contribution in [2.45, 2.75) is 45.8 Å². The van der Waals surface area contributed by atoms with Gasteiger partial charge in [-0.15, -0.1) is 0 Å². The fraction of sp³-hybridized carbons (Fsp3) is 0.450. The number of esters is 1. The summed E-state index contributed by atoms with van der Waals surface area (Å²) in [4.78, 5) is 35.8. The number of carbonyl (C=O) groups is 3. The number of carbonyl (C=O) groups excluding carboxylic acids is 3. The molecule has 0 heterocycles. The highest BCUT2D eigenvalue weighted by Gasteiger charge is 2.24. The van der Waals surface area contributed by atoms with Crippen molar-refractivity contribution in [2.75, 3.05) is 13.2 Å². The van der Waals surface area contributed by atoms with Gasteiger partial charge in [0.05, 0.1) is 6.61 Å². The van der Waals surface area contributed by atoms with E-state index in [0.29, 0.717) is 6.42 Å². The first-order valence-corrected chi connectivity index (χ1v) is 8.85. The molecule has 0 radical (unpaired) electrons. The van der Waals surface area contributed by atoms with Crippen LogP contribution in [0.4, 0.5) is 4.79 Å². The van der Waals surface area contributed by atoms with Crippen molar-refractivity contribution < 1.29 is 23.9 Å². The highest BCUT2D eigenvalue weighted by molar-refractivity contribution is 5.86. The summed E-state index contributed by atoms with van der Waals surface area (Å²) in [5.74, 6) is -0.849. The molecule has 2 N–H and O–H groups in total. The molecule has 1 aromatic rings. The summed E-state index contributed by atoms with van der Waals surface area (Å²) in [5, 5.41) is 5.27. The highest BCUT2D eigenvalue weighted by atomic mass is 16.6. The van der Waals surface area contributed by atoms with Crippen LogP contribution in [0.1, 0.15) is 33.3 Å². The lowest BCUT2D eigenvalue weighted by molar-refractivity contribution is -0.137. The first-order valence-electron chi connectivity index (χ1n) is 8.85. The van der Waals surface area contributed by atoms with Crippen LogP contribution in [0, 0.1) is 0 Å². The van der Waals surface area contributed by atoms with Crippen molar-refractivity contribution >= 4 is 18.0 Å². The van der Waals surface area contributed by atoms with E-state index in [2.05, 4.69) is 10.6 Å². The van der Waals surface area contributed by atoms with Gasteiger partial charge < -0.3 is 20.1 Å². The van der Waals surface area contributed by atoms with Gasteiger partial charge in [0.15, 0.2) is 0 Å². The highest BCUT2D eigenvalue weighted by Crippen LogP contribution is 2.08. The van der Waals surface area contributed by atoms with Crippen molar-refractivity contribution in [3.05, 3.63) is 48.0 Å². The number of amides is 2. The maximum absolute atomic E-state index is 12.5. The molecule has 1 aromatic carbocycles. The van der Waals surface area contributed by atoms with Gasteiger partial charge in [-0.2, -0.15) is 0 Å². The molecule has 0 aromatic heterocycles. The molecule has 0 spiro atoms. The van der Waals surface area contributed by atoms with Crippen molar-refractivity contribution in [3.63, 3.8) is 0 Å². The molecule has 1 rings (SSSR count). The fourth-order valence-corrected chi connectivity index (χ4v) is 2.14. The molecule has 0 saturated carbocycles. The second-order valence-electron chi connectivity index (χ2n) is 6.79. The molecule has 0 aliphatic heterocycles. The van der Waals surface area contributed by atoms with Gasteiger partial charge in [0.1, 0.15) is 11.6 Å². The molecule has 1 atom stereocenters. The molecule has 27 heavy (non-hydrogen) atoms. The van der Waals surface area contributed by atoms with E-state index < -0.39 is 23.7 Å². The van der Waals surface area contributed by atoms with Crippen LogP contribution >= 0.6 is 0 Å². The van der Waals surface area contributed by atoms with Crippen LogP contribution in [-0.2, 0) is 25.5 Å². The fourth-order valence-electron chi connectivity index (χ4n) is 2.14. The molecular formula is C20H28N2O5. The number of nitrogens with one attached hydrogen (secondary N) is 2. The monoisotopic (exact) mass is 376 g/mol. The molecule has 2 amide bonds. The van der Waals surface area contributed by atoms with Gasteiger partial charge in [-0.1, -0.05) is 36.4 Å². The second kappa shape index (κ2) is 11.0. The third-order valence-electron chi connectivity index (χ3n) is 3.22. The predicted octanol–water partition coefficient (Wildman–Crippen LogP) is 2.36. The molecular weight excluding hydrogens is 348 g/mol. The van der Waals surface area contributed by atoms with Crippen LogP contribution in [0.15, 0.2) is 42.5 Å². The Hall–Kier alpha value is -2.83. The molecule has 0 bridgehead atoms. The van der Waals surface area contributed by atoms with Crippen molar-refractivity contribution in [2.24, 2.45) is 0 Å². The number of alkyl carbamates (subject to hydrolysis) is 1. The zero-order chi connectivity index (χ0) is 20.3. The van der Waals surface area contributed by atoms with E-state index in [-0.39, 0.29) is 19.1 Å². The normalized spacial score (nSPS) is 12.3. The maximum atomic E-state index is 12.5. The summed E-state index contributed by atoms with van der Waals surface area (Å²) in [6.07, 6.45) is 2.38. The maximum Gasteiger partial charge on any atom is 0.408 e. The van der Waals surface area contributed by atoms with Crippen molar-refractivity contribution in [3.8, 4) is 0 Å². The standard InChI is InChI=1S/C20H28N2O5/c1-5-26-17(23)12-9-13-21-18(24)16(14-15-10-7-6-8-11-15)22-19(25)27-20(2,3)4/h6-12,16H,5,13-14H2,1-4H3,(H,21,24)(H,22,25)/b12-9-/t16-/m0/s1. The van der Waals surface area contributed by atoms with Gasteiger partial charge >= 0.3 is 12.1 Å².